The maximum absolute atomic E-state index is 13.1. The molecule has 0 radical (unpaired) electrons. The van der Waals surface area contributed by atoms with Crippen LogP contribution < -0.4 is 16.2 Å². The largest absolute Gasteiger partial charge is 0.488 e. The van der Waals surface area contributed by atoms with E-state index in [-0.39, 0.29) is 27.7 Å². The average molecular weight is 439 g/mol. The maximum atomic E-state index is 13.1. The van der Waals surface area contributed by atoms with Crippen LogP contribution in [0.25, 0.3) is 0 Å². The molecule has 0 aliphatic rings. The molecule has 7 heteroatoms. The van der Waals surface area contributed by atoms with Crippen LogP contribution in [0.15, 0.2) is 82.6 Å². The topological polar surface area (TPSA) is 112 Å². The average Bonchev–Trinajstić information content (AvgIpc) is 2.72. The molecular formula is C24H26N2O4S. The van der Waals surface area contributed by atoms with E-state index in [1.807, 2.05) is 44.2 Å². The molecule has 0 saturated carbocycles. The van der Waals surface area contributed by atoms with Crippen LogP contribution in [-0.4, -0.2) is 19.9 Å². The lowest BCUT2D eigenvalue weighted by atomic mass is 9.96. The number of carbonyl (C=O) groups is 1. The summed E-state index contributed by atoms with van der Waals surface area (Å²) in [5.41, 5.74) is 13.0. The van der Waals surface area contributed by atoms with Gasteiger partial charge in [0.1, 0.15) is 12.4 Å². The molecule has 162 valence electrons. The van der Waals surface area contributed by atoms with Gasteiger partial charge >= 0.3 is 0 Å². The Bertz CT molecular complexity index is 1170. The molecular weight excluding hydrogens is 412 g/mol. The van der Waals surface area contributed by atoms with Crippen molar-refractivity contribution in [2.75, 3.05) is 0 Å². The molecule has 3 rings (SSSR count). The highest BCUT2D eigenvalue weighted by Gasteiger charge is 2.22. The Hall–Kier alpha value is -3.16. The lowest BCUT2D eigenvalue weighted by molar-refractivity contribution is 0.0995. The first-order valence-corrected chi connectivity index (χ1v) is 11.3. The fourth-order valence-corrected chi connectivity index (χ4v) is 4.47. The van der Waals surface area contributed by atoms with Crippen molar-refractivity contribution >= 4 is 15.7 Å². The number of ether oxygens (including phenoxy) is 1. The molecule has 0 spiro atoms. The number of nitrogens with two attached hydrogens (primary N) is 2. The number of sulfone groups is 1. The Morgan fingerprint density at radius 3 is 2.10 bits per heavy atom. The minimum Gasteiger partial charge on any atom is -0.488 e. The quantitative estimate of drug-likeness (QED) is 0.559. The first-order valence-electron chi connectivity index (χ1n) is 9.80. The monoisotopic (exact) mass is 438 g/mol. The lowest BCUT2D eigenvalue weighted by Crippen LogP contribution is -2.34. The SMILES string of the molecule is CC(C)(N)Cc1ccc(S(=O)(=O)c2ccc(OCc3ccccc3)c(C(N)=O)c2)cc1. The Morgan fingerprint density at radius 1 is 0.903 bits per heavy atom. The van der Waals surface area contributed by atoms with E-state index in [2.05, 4.69) is 0 Å². The van der Waals surface area contributed by atoms with Crippen LogP contribution in [0.5, 0.6) is 5.75 Å². The van der Waals surface area contributed by atoms with Crippen molar-refractivity contribution in [2.24, 2.45) is 11.5 Å². The zero-order valence-electron chi connectivity index (χ0n) is 17.5. The minimum atomic E-state index is -3.83. The van der Waals surface area contributed by atoms with Gasteiger partial charge in [0.05, 0.1) is 15.4 Å². The molecule has 3 aromatic rings. The summed E-state index contributed by atoms with van der Waals surface area (Å²) >= 11 is 0. The van der Waals surface area contributed by atoms with Crippen molar-refractivity contribution in [3.8, 4) is 5.75 Å². The van der Waals surface area contributed by atoms with Gasteiger partial charge in [-0.25, -0.2) is 8.42 Å². The van der Waals surface area contributed by atoms with Gasteiger partial charge in [-0.3, -0.25) is 4.79 Å². The number of carbonyl (C=O) groups excluding carboxylic acids is 1. The van der Waals surface area contributed by atoms with Crippen molar-refractivity contribution in [1.29, 1.82) is 0 Å². The van der Waals surface area contributed by atoms with Crippen molar-refractivity contribution in [3.63, 3.8) is 0 Å². The summed E-state index contributed by atoms with van der Waals surface area (Å²) in [5, 5.41) is 0. The van der Waals surface area contributed by atoms with Gasteiger partial charge in [0.2, 0.25) is 9.84 Å². The summed E-state index contributed by atoms with van der Waals surface area (Å²) in [4.78, 5) is 12.1. The second-order valence-electron chi connectivity index (χ2n) is 8.11. The summed E-state index contributed by atoms with van der Waals surface area (Å²) in [6, 6.07) is 20.1. The molecule has 0 saturated heterocycles. The summed E-state index contributed by atoms with van der Waals surface area (Å²) in [5.74, 6) is -0.531. The van der Waals surface area contributed by atoms with Gasteiger partial charge in [-0.2, -0.15) is 0 Å². The first kappa shape index (κ1) is 22.5. The van der Waals surface area contributed by atoms with E-state index in [9.17, 15) is 13.2 Å². The van der Waals surface area contributed by atoms with Crippen LogP contribution in [0.4, 0.5) is 0 Å². The van der Waals surface area contributed by atoms with E-state index >= 15 is 0 Å². The summed E-state index contributed by atoms with van der Waals surface area (Å²) in [6.07, 6.45) is 0.618. The van der Waals surface area contributed by atoms with Crippen molar-refractivity contribution in [3.05, 3.63) is 89.5 Å². The molecule has 0 unspecified atom stereocenters. The van der Waals surface area contributed by atoms with Crippen LogP contribution in [0.3, 0.4) is 0 Å². The number of hydrogen-bond donors (Lipinski definition) is 2. The number of primary amides is 1. The van der Waals surface area contributed by atoms with Gasteiger partial charge in [0.25, 0.3) is 5.91 Å². The van der Waals surface area contributed by atoms with Gasteiger partial charge in [-0.15, -0.1) is 0 Å². The smallest absolute Gasteiger partial charge is 0.252 e. The number of rotatable bonds is 8. The number of hydrogen-bond acceptors (Lipinski definition) is 5. The predicted molar refractivity (Wildman–Crippen MR) is 120 cm³/mol. The first-order chi connectivity index (χ1) is 14.6. The van der Waals surface area contributed by atoms with Crippen LogP contribution in [0.1, 0.15) is 35.3 Å². The molecule has 0 aromatic heterocycles. The predicted octanol–water partition coefficient (Wildman–Crippen LogP) is 3.48. The second kappa shape index (κ2) is 8.91. The summed E-state index contributed by atoms with van der Waals surface area (Å²) < 4.78 is 31.9. The Labute approximate surface area is 182 Å². The van der Waals surface area contributed by atoms with Gasteiger partial charge in [-0.05, 0) is 61.7 Å². The molecule has 0 heterocycles. The standard InChI is InChI=1S/C24H26N2O4S/c1-24(2,26)15-17-8-10-19(11-9-17)31(28,29)20-12-13-22(21(14-20)23(25)27)30-16-18-6-4-3-5-7-18/h3-14H,15-16,26H2,1-2H3,(H2,25,27). The Morgan fingerprint density at radius 2 is 1.52 bits per heavy atom. The molecule has 4 N–H and O–H groups in total. The van der Waals surface area contributed by atoms with Gasteiger partial charge in [-0.1, -0.05) is 42.5 Å². The van der Waals surface area contributed by atoms with Crippen molar-refractivity contribution < 1.29 is 17.9 Å². The molecule has 1 amide bonds. The molecule has 6 nitrogen and oxygen atoms in total. The van der Waals surface area contributed by atoms with E-state index in [4.69, 9.17) is 16.2 Å². The fourth-order valence-electron chi connectivity index (χ4n) is 3.18. The molecule has 3 aromatic carbocycles. The van der Waals surface area contributed by atoms with E-state index in [1.165, 1.54) is 18.2 Å². The molecule has 0 fully saturated rings. The van der Waals surface area contributed by atoms with Crippen LogP contribution >= 0.6 is 0 Å². The van der Waals surface area contributed by atoms with E-state index in [0.717, 1.165) is 11.1 Å². The van der Waals surface area contributed by atoms with Gasteiger partial charge in [0, 0.05) is 5.54 Å². The van der Waals surface area contributed by atoms with Crippen LogP contribution in [0.2, 0.25) is 0 Å². The highest BCUT2D eigenvalue weighted by atomic mass is 32.2. The normalized spacial score (nSPS) is 11.8. The number of amides is 1. The zero-order valence-corrected chi connectivity index (χ0v) is 18.4. The highest BCUT2D eigenvalue weighted by Crippen LogP contribution is 2.28. The third-order valence-corrected chi connectivity index (χ3v) is 6.42. The third-order valence-electron chi connectivity index (χ3n) is 4.66. The van der Waals surface area contributed by atoms with Gasteiger partial charge in [0.15, 0.2) is 0 Å². The highest BCUT2D eigenvalue weighted by molar-refractivity contribution is 7.91. The van der Waals surface area contributed by atoms with E-state index in [0.29, 0.717) is 6.42 Å². The molecule has 0 bridgehead atoms. The minimum absolute atomic E-state index is 0.0125. The molecule has 0 aliphatic carbocycles. The molecule has 31 heavy (non-hydrogen) atoms. The van der Waals surface area contributed by atoms with E-state index < -0.39 is 21.3 Å². The lowest BCUT2D eigenvalue weighted by Gasteiger charge is -2.18. The Kier molecular flexibility index (Phi) is 6.48. The molecule has 0 aliphatic heterocycles. The Balaban J connectivity index is 1.87. The number of benzene rings is 3. The van der Waals surface area contributed by atoms with Crippen molar-refractivity contribution in [2.45, 2.75) is 42.2 Å². The van der Waals surface area contributed by atoms with Crippen LogP contribution in [-0.2, 0) is 22.9 Å². The van der Waals surface area contributed by atoms with Gasteiger partial charge < -0.3 is 16.2 Å². The summed E-state index contributed by atoms with van der Waals surface area (Å²) in [6.45, 7) is 4.04. The van der Waals surface area contributed by atoms with E-state index in [1.54, 1.807) is 24.3 Å². The zero-order chi connectivity index (χ0) is 22.6. The summed E-state index contributed by atoms with van der Waals surface area (Å²) in [7, 11) is -3.83. The van der Waals surface area contributed by atoms with Crippen molar-refractivity contribution in [1.82, 2.24) is 0 Å². The fraction of sp³-hybridized carbons (Fsp3) is 0.208. The maximum Gasteiger partial charge on any atom is 0.252 e. The molecule has 0 atom stereocenters. The third kappa shape index (κ3) is 5.71. The second-order valence-corrected chi connectivity index (χ2v) is 10.1. The van der Waals surface area contributed by atoms with Crippen LogP contribution in [0, 0.1) is 0 Å².